The summed E-state index contributed by atoms with van der Waals surface area (Å²) in [5.41, 5.74) is 2.12. The molecule has 2 aliphatic rings. The van der Waals surface area contributed by atoms with Crippen LogP contribution in [0, 0.1) is 5.92 Å². The summed E-state index contributed by atoms with van der Waals surface area (Å²) in [6.45, 7) is 6.63. The Labute approximate surface area is 200 Å². The van der Waals surface area contributed by atoms with E-state index in [4.69, 9.17) is 0 Å². The van der Waals surface area contributed by atoms with Gasteiger partial charge in [-0.25, -0.2) is 0 Å². The molecular formula is C27H35F3N2O2. The van der Waals surface area contributed by atoms with Gasteiger partial charge in [0.2, 0.25) is 0 Å². The van der Waals surface area contributed by atoms with Crippen LogP contribution < -0.4 is 4.74 Å². The summed E-state index contributed by atoms with van der Waals surface area (Å²) in [7, 11) is 0. The Balaban J connectivity index is 1.46. The molecule has 0 spiro atoms. The van der Waals surface area contributed by atoms with Gasteiger partial charge in [-0.3, -0.25) is 4.90 Å². The fourth-order valence-electron chi connectivity index (χ4n) is 5.59. The minimum Gasteiger partial charge on any atom is -0.406 e. The van der Waals surface area contributed by atoms with Crippen molar-refractivity contribution in [1.29, 1.82) is 0 Å². The molecule has 2 fully saturated rings. The highest BCUT2D eigenvalue weighted by Crippen LogP contribution is 2.38. The van der Waals surface area contributed by atoms with E-state index in [-0.39, 0.29) is 17.6 Å². The second-order valence-corrected chi connectivity index (χ2v) is 9.67. The van der Waals surface area contributed by atoms with Crippen molar-refractivity contribution in [3.8, 4) is 5.75 Å². The first kappa shape index (κ1) is 25.0. The molecule has 2 aromatic rings. The second-order valence-electron chi connectivity index (χ2n) is 9.67. The van der Waals surface area contributed by atoms with Crippen molar-refractivity contribution >= 4 is 0 Å². The van der Waals surface area contributed by atoms with Gasteiger partial charge in [-0.15, -0.1) is 13.2 Å². The van der Waals surface area contributed by atoms with Crippen molar-refractivity contribution in [2.75, 3.05) is 32.7 Å². The molecule has 2 aromatic carbocycles. The van der Waals surface area contributed by atoms with Gasteiger partial charge in [0.25, 0.3) is 0 Å². The van der Waals surface area contributed by atoms with E-state index < -0.39 is 12.5 Å². The van der Waals surface area contributed by atoms with Gasteiger partial charge in [0.1, 0.15) is 5.75 Å². The summed E-state index contributed by atoms with van der Waals surface area (Å²) in [4.78, 5) is 4.88. The van der Waals surface area contributed by atoms with E-state index in [1.807, 2.05) is 12.1 Å². The van der Waals surface area contributed by atoms with Crippen molar-refractivity contribution in [1.82, 2.24) is 9.80 Å². The standard InChI is InChI=1S/C27H35F3N2O2/c1-20(21-8-3-2-4-9-21)32-16-14-31(15-17-32)19-25(24-12-5-6-13-26(24)33)22-10-7-11-23(18-22)34-27(28,29)30/h2-4,7-11,18,20,24-26,33H,5-6,12-17,19H2,1H3/t20-,24?,25-,26?/m1/s1. The van der Waals surface area contributed by atoms with Gasteiger partial charge in [-0.2, -0.15) is 0 Å². The van der Waals surface area contributed by atoms with Gasteiger partial charge in [-0.1, -0.05) is 55.3 Å². The number of rotatable bonds is 7. The number of nitrogens with zero attached hydrogens (tertiary/aromatic N) is 2. The van der Waals surface area contributed by atoms with E-state index in [0.29, 0.717) is 6.04 Å². The highest BCUT2D eigenvalue weighted by molar-refractivity contribution is 5.32. The smallest absolute Gasteiger partial charge is 0.406 e. The third-order valence-corrected chi connectivity index (χ3v) is 7.51. The van der Waals surface area contributed by atoms with Crippen LogP contribution in [0.4, 0.5) is 13.2 Å². The Morgan fingerprint density at radius 1 is 0.941 bits per heavy atom. The monoisotopic (exact) mass is 476 g/mol. The van der Waals surface area contributed by atoms with E-state index in [1.54, 1.807) is 6.07 Å². The summed E-state index contributed by atoms with van der Waals surface area (Å²) < 4.78 is 42.6. The highest BCUT2D eigenvalue weighted by Gasteiger charge is 2.35. The Morgan fingerprint density at radius 3 is 2.29 bits per heavy atom. The number of benzene rings is 2. The molecule has 4 rings (SSSR count). The Kier molecular flexibility index (Phi) is 8.17. The molecule has 4 atom stereocenters. The first-order valence-corrected chi connectivity index (χ1v) is 12.4. The van der Waals surface area contributed by atoms with E-state index in [0.717, 1.165) is 64.0 Å². The molecule has 1 aliphatic carbocycles. The van der Waals surface area contributed by atoms with Crippen molar-refractivity contribution in [2.45, 2.75) is 57.0 Å². The quantitative estimate of drug-likeness (QED) is 0.565. The zero-order chi connectivity index (χ0) is 24.1. The number of piperazine rings is 1. The van der Waals surface area contributed by atoms with Gasteiger partial charge in [-0.05, 0) is 48.9 Å². The lowest BCUT2D eigenvalue weighted by Crippen LogP contribution is -2.49. The molecule has 0 amide bonds. The molecule has 7 heteroatoms. The number of alkyl halides is 3. The molecule has 186 valence electrons. The lowest BCUT2D eigenvalue weighted by Gasteiger charge is -2.42. The summed E-state index contributed by atoms with van der Waals surface area (Å²) in [6.07, 6.45) is -1.46. The molecule has 1 saturated carbocycles. The van der Waals surface area contributed by atoms with E-state index >= 15 is 0 Å². The fourth-order valence-corrected chi connectivity index (χ4v) is 5.59. The van der Waals surface area contributed by atoms with Crippen LogP contribution in [-0.2, 0) is 0 Å². The third-order valence-electron chi connectivity index (χ3n) is 7.51. The van der Waals surface area contributed by atoms with E-state index in [1.165, 1.54) is 17.7 Å². The maximum absolute atomic E-state index is 12.8. The number of aliphatic hydroxyl groups is 1. The largest absolute Gasteiger partial charge is 0.573 e. The number of halogens is 3. The fraction of sp³-hybridized carbons (Fsp3) is 0.556. The van der Waals surface area contributed by atoms with E-state index in [9.17, 15) is 18.3 Å². The maximum atomic E-state index is 12.8. The van der Waals surface area contributed by atoms with Crippen LogP contribution in [0.5, 0.6) is 5.75 Å². The van der Waals surface area contributed by atoms with Crippen molar-refractivity contribution in [3.63, 3.8) is 0 Å². The normalized spacial score (nSPS) is 24.5. The highest BCUT2D eigenvalue weighted by atomic mass is 19.4. The predicted octanol–water partition coefficient (Wildman–Crippen LogP) is 5.60. The van der Waals surface area contributed by atoms with Crippen LogP contribution in [0.25, 0.3) is 0 Å². The first-order valence-electron chi connectivity index (χ1n) is 12.4. The SMILES string of the molecule is C[C@H](c1ccccc1)N1CCN(C[C@H](c2cccc(OC(F)(F)F)c2)C2CCCCC2O)CC1. The summed E-state index contributed by atoms with van der Waals surface area (Å²) in [5.74, 6) is -0.192. The van der Waals surface area contributed by atoms with Crippen molar-refractivity contribution < 1.29 is 23.0 Å². The van der Waals surface area contributed by atoms with Gasteiger partial charge < -0.3 is 14.7 Å². The first-order chi connectivity index (χ1) is 16.3. The molecule has 1 saturated heterocycles. The minimum atomic E-state index is -4.72. The van der Waals surface area contributed by atoms with Crippen LogP contribution in [0.2, 0.25) is 0 Å². The average molecular weight is 477 g/mol. The molecular weight excluding hydrogens is 441 g/mol. The Bertz CT molecular complexity index is 900. The third kappa shape index (κ3) is 6.52. The maximum Gasteiger partial charge on any atom is 0.573 e. The van der Waals surface area contributed by atoms with Gasteiger partial charge in [0, 0.05) is 44.7 Å². The van der Waals surface area contributed by atoms with Crippen LogP contribution in [-0.4, -0.2) is 60.1 Å². The number of hydrogen-bond acceptors (Lipinski definition) is 4. The zero-order valence-electron chi connectivity index (χ0n) is 19.8. The number of aliphatic hydroxyl groups excluding tert-OH is 1. The summed E-state index contributed by atoms with van der Waals surface area (Å²) in [5, 5.41) is 10.8. The number of hydrogen-bond donors (Lipinski definition) is 1. The van der Waals surface area contributed by atoms with Crippen LogP contribution >= 0.6 is 0 Å². The Hall–Kier alpha value is -2.09. The molecule has 34 heavy (non-hydrogen) atoms. The minimum absolute atomic E-state index is 0.0369. The van der Waals surface area contributed by atoms with Crippen LogP contribution in [0.15, 0.2) is 54.6 Å². The predicted molar refractivity (Wildman–Crippen MR) is 127 cm³/mol. The Morgan fingerprint density at radius 2 is 1.62 bits per heavy atom. The lowest BCUT2D eigenvalue weighted by molar-refractivity contribution is -0.274. The molecule has 0 bridgehead atoms. The molecule has 0 radical (unpaired) electrons. The lowest BCUT2D eigenvalue weighted by atomic mass is 9.74. The molecule has 1 aliphatic heterocycles. The van der Waals surface area contributed by atoms with Crippen LogP contribution in [0.1, 0.15) is 55.7 Å². The van der Waals surface area contributed by atoms with E-state index in [2.05, 4.69) is 45.7 Å². The summed E-state index contributed by atoms with van der Waals surface area (Å²) in [6, 6.07) is 17.2. The molecule has 1 N–H and O–H groups in total. The molecule has 1 heterocycles. The zero-order valence-corrected chi connectivity index (χ0v) is 19.8. The van der Waals surface area contributed by atoms with Gasteiger partial charge in [0.05, 0.1) is 6.10 Å². The molecule has 4 nitrogen and oxygen atoms in total. The summed E-state index contributed by atoms with van der Waals surface area (Å²) >= 11 is 0. The van der Waals surface area contributed by atoms with Crippen molar-refractivity contribution in [2.24, 2.45) is 5.92 Å². The van der Waals surface area contributed by atoms with Gasteiger partial charge >= 0.3 is 6.36 Å². The molecule has 0 aromatic heterocycles. The number of ether oxygens (including phenoxy) is 1. The second kappa shape index (κ2) is 11.1. The van der Waals surface area contributed by atoms with Crippen LogP contribution in [0.3, 0.4) is 0 Å². The van der Waals surface area contributed by atoms with Crippen molar-refractivity contribution in [3.05, 3.63) is 65.7 Å². The topological polar surface area (TPSA) is 35.9 Å². The molecule has 2 unspecified atom stereocenters. The average Bonchev–Trinajstić information content (AvgIpc) is 2.83. The van der Waals surface area contributed by atoms with Gasteiger partial charge in [0.15, 0.2) is 0 Å².